The highest BCUT2D eigenvalue weighted by atomic mass is 32.2. The molecule has 30 heavy (non-hydrogen) atoms. The highest BCUT2D eigenvalue weighted by Crippen LogP contribution is 2.32. The van der Waals surface area contributed by atoms with Crippen LogP contribution in [0.3, 0.4) is 0 Å². The van der Waals surface area contributed by atoms with Crippen molar-refractivity contribution < 1.29 is 9.90 Å². The Morgan fingerprint density at radius 1 is 1.27 bits per heavy atom. The lowest BCUT2D eigenvalue weighted by Gasteiger charge is -2.35. The van der Waals surface area contributed by atoms with E-state index in [0.29, 0.717) is 45.9 Å². The van der Waals surface area contributed by atoms with E-state index < -0.39 is 0 Å². The minimum atomic E-state index is -0.211. The maximum Gasteiger partial charge on any atom is 0.267 e. The van der Waals surface area contributed by atoms with Crippen molar-refractivity contribution in [2.24, 2.45) is 0 Å². The van der Waals surface area contributed by atoms with Gasteiger partial charge in [-0.2, -0.15) is 0 Å². The zero-order chi connectivity index (χ0) is 21.4. The van der Waals surface area contributed by atoms with Crippen LogP contribution < -0.4 is 10.5 Å². The number of thioether (sulfide) groups is 1. The van der Waals surface area contributed by atoms with Crippen LogP contribution in [0.1, 0.15) is 11.1 Å². The first-order valence-corrected chi connectivity index (χ1v) is 10.9. The van der Waals surface area contributed by atoms with Crippen LogP contribution in [-0.2, 0) is 4.79 Å². The van der Waals surface area contributed by atoms with Crippen LogP contribution in [0.25, 0.3) is 11.7 Å². The van der Waals surface area contributed by atoms with Crippen LogP contribution in [0, 0.1) is 6.92 Å². The fraction of sp³-hybridized carbons (Fsp3) is 0.400. The standard InChI is InChI=1S/C20H23N5O3S2/c1-13-4-3-5-25-16(13)21-17(24-8-6-23(7-9-24)10-11-26)14(18(25)27)12-15-19(28)22(2)20(29)30-15/h3-5,12,26H,6-11H2,1-2H3/b15-12-. The number of pyridine rings is 1. The van der Waals surface area contributed by atoms with E-state index in [9.17, 15) is 14.7 Å². The Kier molecular flexibility index (Phi) is 5.92. The summed E-state index contributed by atoms with van der Waals surface area (Å²) >= 11 is 6.42. The number of carbonyl (C=O) groups is 1. The number of fused-ring (bicyclic) bond motifs is 1. The van der Waals surface area contributed by atoms with Gasteiger partial charge in [-0.05, 0) is 24.6 Å². The number of β-amino-alcohol motifs (C(OH)–C–C–N with tert-alkyl or cyclic N) is 1. The predicted octanol–water partition coefficient (Wildman–Crippen LogP) is 0.948. The van der Waals surface area contributed by atoms with Crippen molar-refractivity contribution in [1.29, 1.82) is 0 Å². The average Bonchev–Trinajstić information content (AvgIpc) is 2.98. The van der Waals surface area contributed by atoms with Crippen LogP contribution in [0.2, 0.25) is 0 Å². The third kappa shape index (κ3) is 3.76. The van der Waals surface area contributed by atoms with Gasteiger partial charge in [0.25, 0.3) is 11.5 Å². The summed E-state index contributed by atoms with van der Waals surface area (Å²) in [5.41, 5.74) is 1.69. The molecule has 0 radical (unpaired) electrons. The Bertz CT molecular complexity index is 1110. The van der Waals surface area contributed by atoms with Gasteiger partial charge in [0.1, 0.15) is 15.8 Å². The molecule has 2 aromatic rings. The molecule has 4 heterocycles. The van der Waals surface area contributed by atoms with Crippen molar-refractivity contribution >= 4 is 51.7 Å². The quantitative estimate of drug-likeness (QED) is 0.550. The van der Waals surface area contributed by atoms with Crippen LogP contribution >= 0.6 is 24.0 Å². The van der Waals surface area contributed by atoms with Crippen molar-refractivity contribution in [2.45, 2.75) is 6.92 Å². The zero-order valence-corrected chi connectivity index (χ0v) is 18.5. The van der Waals surface area contributed by atoms with Crippen molar-refractivity contribution in [3.05, 3.63) is 44.7 Å². The SMILES string of the molecule is Cc1cccn2c(=O)c(/C=C3\SC(=S)N(C)C3=O)c(N3CCN(CCO)CC3)nc12. The van der Waals surface area contributed by atoms with Crippen molar-refractivity contribution in [3.63, 3.8) is 0 Å². The second kappa shape index (κ2) is 8.46. The van der Waals surface area contributed by atoms with Gasteiger partial charge in [-0.1, -0.05) is 30.0 Å². The summed E-state index contributed by atoms with van der Waals surface area (Å²) in [5, 5.41) is 9.19. The molecule has 0 aromatic carbocycles. The van der Waals surface area contributed by atoms with E-state index in [-0.39, 0.29) is 18.1 Å². The monoisotopic (exact) mass is 445 g/mol. The number of amides is 1. The molecule has 10 heteroatoms. The predicted molar refractivity (Wildman–Crippen MR) is 123 cm³/mol. The second-order valence-electron chi connectivity index (χ2n) is 7.33. The first kappa shape index (κ1) is 21.0. The maximum absolute atomic E-state index is 13.4. The lowest BCUT2D eigenvalue weighted by Crippen LogP contribution is -2.48. The van der Waals surface area contributed by atoms with Crippen molar-refractivity contribution in [3.8, 4) is 0 Å². The molecule has 2 fully saturated rings. The van der Waals surface area contributed by atoms with Gasteiger partial charge in [0.2, 0.25) is 0 Å². The van der Waals surface area contributed by atoms with E-state index in [1.807, 2.05) is 19.1 Å². The number of anilines is 1. The molecular formula is C20H23N5O3S2. The van der Waals surface area contributed by atoms with E-state index in [1.54, 1.807) is 19.3 Å². The molecule has 4 rings (SSSR count). The van der Waals surface area contributed by atoms with E-state index in [4.69, 9.17) is 17.2 Å². The molecule has 158 valence electrons. The number of thiocarbonyl (C=S) groups is 1. The topological polar surface area (TPSA) is 81.4 Å². The van der Waals surface area contributed by atoms with Crippen LogP contribution in [0.5, 0.6) is 0 Å². The number of rotatable bonds is 4. The number of aliphatic hydroxyl groups is 1. The summed E-state index contributed by atoms with van der Waals surface area (Å²) in [4.78, 5) is 36.9. The van der Waals surface area contributed by atoms with E-state index in [2.05, 4.69) is 9.80 Å². The number of aromatic nitrogens is 2. The second-order valence-corrected chi connectivity index (χ2v) is 9.01. The summed E-state index contributed by atoms with van der Waals surface area (Å²) in [6.45, 7) is 5.59. The molecule has 2 aromatic heterocycles. The van der Waals surface area contributed by atoms with Crippen molar-refractivity contribution in [1.82, 2.24) is 19.2 Å². The first-order chi connectivity index (χ1) is 14.4. The number of piperazine rings is 1. The summed E-state index contributed by atoms with van der Waals surface area (Å²) in [6, 6.07) is 3.74. The Morgan fingerprint density at radius 2 is 2.00 bits per heavy atom. The molecule has 2 aliphatic rings. The van der Waals surface area contributed by atoms with Gasteiger partial charge in [-0.25, -0.2) is 4.98 Å². The molecule has 8 nitrogen and oxygen atoms in total. The van der Waals surface area contributed by atoms with Gasteiger partial charge in [-0.15, -0.1) is 0 Å². The highest BCUT2D eigenvalue weighted by Gasteiger charge is 2.30. The van der Waals surface area contributed by atoms with Gasteiger partial charge < -0.3 is 10.0 Å². The molecule has 0 unspecified atom stereocenters. The van der Waals surface area contributed by atoms with Crippen LogP contribution in [0.4, 0.5) is 5.82 Å². The number of aryl methyl sites for hydroxylation is 1. The third-order valence-electron chi connectivity index (χ3n) is 5.41. The fourth-order valence-electron chi connectivity index (χ4n) is 3.67. The molecule has 0 atom stereocenters. The van der Waals surface area contributed by atoms with E-state index >= 15 is 0 Å². The van der Waals surface area contributed by atoms with E-state index in [1.165, 1.54) is 21.1 Å². The normalized spacial score (nSPS) is 19.5. The molecule has 0 bridgehead atoms. The third-order valence-corrected chi connectivity index (χ3v) is 6.90. The summed E-state index contributed by atoms with van der Waals surface area (Å²) < 4.78 is 1.99. The molecule has 0 spiro atoms. The number of nitrogens with zero attached hydrogens (tertiary/aromatic N) is 5. The van der Waals surface area contributed by atoms with Gasteiger partial charge in [-0.3, -0.25) is 23.8 Å². The van der Waals surface area contributed by atoms with Gasteiger partial charge in [0, 0.05) is 46.0 Å². The summed E-state index contributed by atoms with van der Waals surface area (Å²) in [5.74, 6) is 0.372. The lowest BCUT2D eigenvalue weighted by atomic mass is 10.2. The molecule has 1 N–H and O–H groups in total. The summed E-state index contributed by atoms with van der Waals surface area (Å²) in [6.07, 6.45) is 3.32. The number of hydrogen-bond donors (Lipinski definition) is 1. The zero-order valence-electron chi connectivity index (χ0n) is 16.9. The Balaban J connectivity index is 1.83. The first-order valence-electron chi connectivity index (χ1n) is 9.72. The summed E-state index contributed by atoms with van der Waals surface area (Å²) in [7, 11) is 1.63. The molecule has 2 saturated heterocycles. The molecule has 0 aliphatic carbocycles. The highest BCUT2D eigenvalue weighted by molar-refractivity contribution is 8.26. The maximum atomic E-state index is 13.4. The molecule has 1 amide bonds. The Hall–Kier alpha value is -2.27. The minimum absolute atomic E-state index is 0.124. The van der Waals surface area contributed by atoms with Gasteiger partial charge in [0.15, 0.2) is 0 Å². The average molecular weight is 446 g/mol. The lowest BCUT2D eigenvalue weighted by molar-refractivity contribution is -0.121. The van der Waals surface area contributed by atoms with Crippen molar-refractivity contribution in [2.75, 3.05) is 51.3 Å². The van der Waals surface area contributed by atoms with Gasteiger partial charge in [0.05, 0.1) is 17.1 Å². The number of carbonyl (C=O) groups excluding carboxylic acids is 1. The number of aliphatic hydroxyl groups excluding tert-OH is 1. The molecular weight excluding hydrogens is 422 g/mol. The Labute approximate surface area is 183 Å². The number of hydrogen-bond acceptors (Lipinski definition) is 8. The van der Waals surface area contributed by atoms with E-state index in [0.717, 1.165) is 18.7 Å². The van der Waals surface area contributed by atoms with Gasteiger partial charge >= 0.3 is 0 Å². The molecule has 0 saturated carbocycles. The number of likely N-dealkylation sites (N-methyl/N-ethyl adjacent to an activating group) is 1. The Morgan fingerprint density at radius 3 is 2.63 bits per heavy atom. The largest absolute Gasteiger partial charge is 0.395 e. The minimum Gasteiger partial charge on any atom is -0.395 e. The fourth-order valence-corrected chi connectivity index (χ4v) is 4.83. The van der Waals surface area contributed by atoms with Crippen LogP contribution in [-0.4, -0.2) is 80.9 Å². The molecule has 2 aliphatic heterocycles. The smallest absolute Gasteiger partial charge is 0.267 e. The van der Waals surface area contributed by atoms with Crippen LogP contribution in [0.15, 0.2) is 28.0 Å².